The molecule has 2 fully saturated rings. The highest BCUT2D eigenvalue weighted by Crippen LogP contribution is 2.44. The van der Waals surface area contributed by atoms with Crippen molar-refractivity contribution in [3.8, 4) is 0 Å². The minimum atomic E-state index is -0.259. The number of carbonyl (C=O) groups is 2. The van der Waals surface area contributed by atoms with E-state index in [1.165, 1.54) is 5.57 Å². The molecule has 1 aromatic carbocycles. The zero-order chi connectivity index (χ0) is 25.7. The van der Waals surface area contributed by atoms with Crippen LogP contribution in [0.15, 0.2) is 63.4 Å². The lowest BCUT2D eigenvalue weighted by molar-refractivity contribution is -0.127. The van der Waals surface area contributed by atoms with Crippen molar-refractivity contribution in [2.45, 2.75) is 38.5 Å². The van der Waals surface area contributed by atoms with Gasteiger partial charge in [0.25, 0.3) is 5.91 Å². The van der Waals surface area contributed by atoms with E-state index >= 15 is 0 Å². The molecule has 3 aliphatic carbocycles. The highest BCUT2D eigenvalue weighted by Gasteiger charge is 2.34. The molecule has 0 atom stereocenters. The van der Waals surface area contributed by atoms with Crippen molar-refractivity contribution in [1.29, 1.82) is 5.41 Å². The third-order valence-electron chi connectivity index (χ3n) is 6.82. The fourth-order valence-electron chi connectivity index (χ4n) is 4.36. The summed E-state index contributed by atoms with van der Waals surface area (Å²) in [6.45, 7) is 1.43. The highest BCUT2D eigenvalue weighted by atomic mass is 79.9. The molecule has 1 aromatic rings. The van der Waals surface area contributed by atoms with Gasteiger partial charge in [0.15, 0.2) is 0 Å². The van der Waals surface area contributed by atoms with Gasteiger partial charge in [0.1, 0.15) is 5.70 Å². The molecule has 0 bridgehead atoms. The summed E-state index contributed by atoms with van der Waals surface area (Å²) in [6.07, 6.45) is 12.2. The van der Waals surface area contributed by atoms with E-state index < -0.39 is 0 Å². The molecule has 0 radical (unpaired) electrons. The molecule has 192 valence electrons. The summed E-state index contributed by atoms with van der Waals surface area (Å²) in [6, 6.07) is 7.61. The number of rotatable bonds is 11. The molecule has 0 aromatic heterocycles. The van der Waals surface area contributed by atoms with Gasteiger partial charge in [-0.2, -0.15) is 0 Å². The van der Waals surface area contributed by atoms with Crippen molar-refractivity contribution in [3.63, 3.8) is 0 Å². The van der Waals surface area contributed by atoms with Crippen LogP contribution in [0.1, 0.15) is 38.5 Å². The lowest BCUT2D eigenvalue weighted by Crippen LogP contribution is -2.36. The fourth-order valence-corrected chi connectivity index (χ4v) is 5.29. The van der Waals surface area contributed by atoms with Gasteiger partial charge < -0.3 is 25.7 Å². The maximum absolute atomic E-state index is 12.9. The second-order valence-corrected chi connectivity index (χ2v) is 11.1. The Morgan fingerprint density at radius 3 is 2.44 bits per heavy atom. The Morgan fingerprint density at radius 1 is 1.14 bits per heavy atom. The maximum Gasteiger partial charge on any atom is 0.268 e. The van der Waals surface area contributed by atoms with Crippen LogP contribution in [0.3, 0.4) is 0 Å². The zero-order valence-electron chi connectivity index (χ0n) is 20.8. The molecule has 2 saturated carbocycles. The van der Waals surface area contributed by atoms with Crippen molar-refractivity contribution in [2.24, 2.45) is 11.8 Å². The largest absolute Gasteiger partial charge is 0.356 e. The van der Waals surface area contributed by atoms with Crippen LogP contribution in [0.2, 0.25) is 0 Å². The summed E-state index contributed by atoms with van der Waals surface area (Å²) in [4.78, 5) is 25.0. The Morgan fingerprint density at radius 2 is 1.86 bits per heavy atom. The van der Waals surface area contributed by atoms with Crippen LogP contribution >= 0.6 is 27.9 Å². The average molecular weight is 573 g/mol. The summed E-state index contributed by atoms with van der Waals surface area (Å²) < 4.78 is 3.17. The minimum absolute atomic E-state index is 0.184. The number of amides is 2. The Kier molecular flexibility index (Phi) is 8.95. The van der Waals surface area contributed by atoms with Gasteiger partial charge >= 0.3 is 0 Å². The maximum atomic E-state index is 12.9. The van der Waals surface area contributed by atoms with Crippen LogP contribution in [-0.2, 0) is 9.59 Å². The van der Waals surface area contributed by atoms with Crippen LogP contribution in [-0.4, -0.2) is 48.2 Å². The van der Waals surface area contributed by atoms with Gasteiger partial charge in [-0.05, 0) is 80.0 Å². The summed E-state index contributed by atoms with van der Waals surface area (Å²) >= 11 is 5.07. The molecule has 0 saturated heterocycles. The molecule has 36 heavy (non-hydrogen) atoms. The molecular formula is C27H34BrN5O2S. The first kappa shape index (κ1) is 26.5. The fraction of sp³-hybridized carbons (Fsp3) is 0.444. The number of carbonyl (C=O) groups excluding carboxylic acids is 2. The van der Waals surface area contributed by atoms with E-state index in [1.54, 1.807) is 19.0 Å². The van der Waals surface area contributed by atoms with E-state index in [4.69, 9.17) is 5.41 Å². The van der Waals surface area contributed by atoms with Crippen LogP contribution < -0.4 is 16.0 Å². The van der Waals surface area contributed by atoms with Gasteiger partial charge in [0.2, 0.25) is 5.91 Å². The van der Waals surface area contributed by atoms with Crippen LogP contribution in [0.25, 0.3) is 0 Å². The number of nitrogens with zero attached hydrogens (tertiary/aromatic N) is 1. The van der Waals surface area contributed by atoms with Gasteiger partial charge in [-0.1, -0.05) is 34.3 Å². The van der Waals surface area contributed by atoms with E-state index in [2.05, 4.69) is 36.2 Å². The predicted octanol–water partition coefficient (Wildman–Crippen LogP) is 5.00. The van der Waals surface area contributed by atoms with Crippen LogP contribution in [0.4, 0.5) is 5.69 Å². The molecule has 4 N–H and O–H groups in total. The molecule has 0 spiro atoms. The third kappa shape index (κ3) is 6.42. The van der Waals surface area contributed by atoms with Crippen molar-refractivity contribution < 1.29 is 9.59 Å². The van der Waals surface area contributed by atoms with E-state index in [0.717, 1.165) is 60.9 Å². The molecule has 9 heteroatoms. The zero-order valence-corrected chi connectivity index (χ0v) is 23.2. The van der Waals surface area contributed by atoms with E-state index in [9.17, 15) is 9.59 Å². The van der Waals surface area contributed by atoms with Gasteiger partial charge in [-0.15, -0.1) is 0 Å². The summed E-state index contributed by atoms with van der Waals surface area (Å²) in [5, 5.41) is 17.9. The normalized spacial score (nSPS) is 19.0. The van der Waals surface area contributed by atoms with Crippen molar-refractivity contribution in [1.82, 2.24) is 14.9 Å². The number of nitrogens with one attached hydrogen (secondary N) is 4. The molecule has 3 aliphatic rings. The average Bonchev–Trinajstić information content (AvgIpc) is 3.68. The third-order valence-corrected chi connectivity index (χ3v) is 8.17. The number of likely N-dealkylation sites (N-methyl/N-ethyl adjacent to an activating group) is 1. The Balaban J connectivity index is 1.52. The first-order chi connectivity index (χ1) is 17.4. The first-order valence-electron chi connectivity index (χ1n) is 12.5. The number of hydrogen-bond donors (Lipinski definition) is 4. The molecule has 4 rings (SSSR count). The highest BCUT2D eigenvalue weighted by molar-refractivity contribution is 9.10. The first-order valence-corrected chi connectivity index (χ1v) is 14.5. The molecule has 0 heterocycles. The number of halogens is 1. The monoisotopic (exact) mass is 571 g/mol. The smallest absolute Gasteiger partial charge is 0.268 e. The lowest BCUT2D eigenvalue weighted by atomic mass is 9.85. The summed E-state index contributed by atoms with van der Waals surface area (Å²) in [5.41, 5.74) is 4.25. The summed E-state index contributed by atoms with van der Waals surface area (Å²) in [5.74, 6) is 0.568. The van der Waals surface area contributed by atoms with Crippen LogP contribution in [0, 0.1) is 17.2 Å². The van der Waals surface area contributed by atoms with Gasteiger partial charge in [0.05, 0.1) is 11.4 Å². The number of hydrogen-bond acceptors (Lipinski definition) is 6. The van der Waals surface area contributed by atoms with Crippen LogP contribution in [0.5, 0.6) is 0 Å². The van der Waals surface area contributed by atoms with E-state index in [1.807, 2.05) is 42.7 Å². The van der Waals surface area contributed by atoms with Crippen molar-refractivity contribution in [2.75, 3.05) is 31.7 Å². The van der Waals surface area contributed by atoms with Gasteiger partial charge in [0, 0.05) is 48.0 Å². The lowest BCUT2D eigenvalue weighted by Gasteiger charge is -2.30. The molecular weight excluding hydrogens is 538 g/mol. The molecule has 0 aliphatic heterocycles. The standard InChI is InChI=1S/C27H34BrN5O2S/c1-30-27(35)25(32-20-11-9-19(28)10-12-20)22-15-21(17-7-8-17)24(16-23(22)29)33(36-2)14-4-13-31-26(34)18-5-3-6-18/h9-12,15-18,29,32H,3-8,13-14H2,1-2H3,(H,30,35)(H,31,34)/b25-22-,29-23?. The second-order valence-electron chi connectivity index (χ2n) is 9.37. The van der Waals surface area contributed by atoms with Gasteiger partial charge in [-0.3, -0.25) is 9.59 Å². The van der Waals surface area contributed by atoms with E-state index in [-0.39, 0.29) is 17.7 Å². The van der Waals surface area contributed by atoms with E-state index in [0.29, 0.717) is 29.4 Å². The molecule has 2 amide bonds. The number of allylic oxidation sites excluding steroid dienone is 4. The predicted molar refractivity (Wildman–Crippen MR) is 151 cm³/mol. The molecule has 7 nitrogen and oxygen atoms in total. The Hall–Kier alpha value is -2.52. The number of benzene rings is 1. The molecule has 0 unspecified atom stereocenters. The number of anilines is 1. The van der Waals surface area contributed by atoms with Crippen molar-refractivity contribution >= 4 is 51.1 Å². The Bertz CT molecular complexity index is 1100. The SMILES string of the molecule is CNC(=O)/C(Nc1ccc(Br)cc1)=C1\C=C(C2CC2)C(N(CCCNC(=O)C2CCC2)SC)=CC1=N. The quantitative estimate of drug-likeness (QED) is 0.170. The second kappa shape index (κ2) is 12.1. The topological polar surface area (TPSA) is 97.3 Å². The van der Waals surface area contributed by atoms with Gasteiger partial charge in [-0.25, -0.2) is 0 Å². The van der Waals surface area contributed by atoms with Crippen molar-refractivity contribution in [3.05, 3.63) is 63.4 Å². The Labute approximate surface area is 226 Å². The minimum Gasteiger partial charge on any atom is -0.356 e. The summed E-state index contributed by atoms with van der Waals surface area (Å²) in [7, 11) is 1.60.